The van der Waals surface area contributed by atoms with Crippen molar-refractivity contribution in [2.24, 2.45) is 35.0 Å². The third kappa shape index (κ3) is 5.69. The van der Waals surface area contributed by atoms with E-state index in [0.717, 1.165) is 0 Å². The minimum atomic E-state index is -1.35. The lowest BCUT2D eigenvalue weighted by Crippen LogP contribution is -2.60. The minimum absolute atomic E-state index is 0.0102. The summed E-state index contributed by atoms with van der Waals surface area (Å²) in [6.45, 7) is 0. The topological polar surface area (TPSA) is 233 Å². The molecule has 0 aromatic heterocycles. The maximum atomic E-state index is 16.2. The van der Waals surface area contributed by atoms with Crippen LogP contribution in [0.15, 0.2) is 145 Å². The van der Waals surface area contributed by atoms with Gasteiger partial charge >= 0.3 is 0 Å². The van der Waals surface area contributed by atoms with E-state index < -0.39 is 82.1 Å². The first-order valence-electron chi connectivity index (χ1n) is 22.7. The zero-order valence-electron chi connectivity index (χ0n) is 36.0. The molecule has 6 aromatic rings. The van der Waals surface area contributed by atoms with E-state index in [1.54, 1.807) is 42.5 Å². The monoisotopic (exact) mass is 908 g/mol. The van der Waals surface area contributed by atoms with Gasteiger partial charge in [0.05, 0.1) is 5.92 Å². The number of rotatable bonds is 5. The van der Waals surface area contributed by atoms with Gasteiger partial charge in [-0.1, -0.05) is 42.5 Å². The molecule has 12 unspecified atom stereocenters. The van der Waals surface area contributed by atoms with Crippen LogP contribution in [-0.4, -0.2) is 63.3 Å². The van der Waals surface area contributed by atoms with Gasteiger partial charge in [0.15, 0.2) is 17.3 Å². The molecule has 68 heavy (non-hydrogen) atoms. The lowest BCUT2D eigenvalue weighted by Gasteiger charge is -2.57. The molecule has 9 N–H and O–H groups in total. The molecule has 12 atom stereocenters. The molecule has 1 spiro atoms. The predicted octanol–water partition coefficient (Wildman–Crippen LogP) is 8.49. The molecule has 12 rings (SSSR count). The summed E-state index contributed by atoms with van der Waals surface area (Å²) in [6, 6.07) is 30.8. The molecule has 2 saturated carbocycles. The summed E-state index contributed by atoms with van der Waals surface area (Å²) in [5, 5.41) is 99.9. The second kappa shape index (κ2) is 14.5. The number of hydrogen-bond acceptors (Lipinski definition) is 12. The van der Waals surface area contributed by atoms with Crippen LogP contribution < -0.4 is 0 Å². The number of ketones is 3. The van der Waals surface area contributed by atoms with Crippen molar-refractivity contribution in [3.63, 3.8) is 0 Å². The highest BCUT2D eigenvalue weighted by Crippen LogP contribution is 2.79. The zero-order valence-corrected chi connectivity index (χ0v) is 36.0. The van der Waals surface area contributed by atoms with Crippen LogP contribution in [0.3, 0.4) is 0 Å². The average Bonchev–Trinajstić information content (AvgIpc) is 3.90. The molecule has 0 saturated heterocycles. The van der Waals surface area contributed by atoms with Crippen LogP contribution in [0, 0.1) is 35.0 Å². The highest BCUT2D eigenvalue weighted by molar-refractivity contribution is 6.18. The van der Waals surface area contributed by atoms with Crippen molar-refractivity contribution < 1.29 is 60.3 Å². The first kappa shape index (κ1) is 41.4. The Morgan fingerprint density at radius 3 is 1.50 bits per heavy atom. The third-order valence-electron chi connectivity index (χ3n) is 16.4. The fraction of sp³-hybridized carbons (Fsp3) is 0.232. The number of aromatic hydroxyl groups is 9. The fourth-order valence-electron chi connectivity index (χ4n) is 14.6. The average molecular weight is 909 g/mol. The van der Waals surface area contributed by atoms with Crippen LogP contribution in [0.5, 0.6) is 51.7 Å². The molecule has 0 radical (unpaired) electrons. The van der Waals surface area contributed by atoms with Crippen molar-refractivity contribution in [2.75, 3.05) is 0 Å². The number of benzene rings is 6. The van der Waals surface area contributed by atoms with Crippen molar-refractivity contribution in [1.29, 1.82) is 0 Å². The predicted molar refractivity (Wildman–Crippen MR) is 245 cm³/mol. The lowest BCUT2D eigenvalue weighted by molar-refractivity contribution is -0.150. The Morgan fingerprint density at radius 1 is 0.441 bits per heavy atom. The molecule has 0 amide bonds. The fourth-order valence-corrected chi connectivity index (χ4v) is 14.6. The molecular formula is C56H44O12. The molecule has 12 heteroatoms. The van der Waals surface area contributed by atoms with Gasteiger partial charge in [-0.25, -0.2) is 0 Å². The number of phenolic OH excluding ortho intramolecular Hbond substituents is 9. The summed E-state index contributed by atoms with van der Waals surface area (Å²) < 4.78 is 0. The van der Waals surface area contributed by atoms with Crippen LogP contribution in [0.25, 0.3) is 0 Å². The van der Waals surface area contributed by atoms with E-state index in [1.807, 2.05) is 6.08 Å². The smallest absolute Gasteiger partial charge is 0.170 e. The molecule has 340 valence electrons. The van der Waals surface area contributed by atoms with Crippen LogP contribution >= 0.6 is 0 Å². The summed E-state index contributed by atoms with van der Waals surface area (Å²) >= 11 is 0. The standard InChI is InChI=1S/C56H44O12/c57-29-7-1-24(2-8-29)41-45-38(21-37(65)23-40(45)66)46-42(25-3-9-30(58)10-4-25)50-49(48(41)46)51-53-44(28-17-35(63)20-36(64)18-28)43(27-15-33(61)19-34(62)16-27)52(26-5-11-31(59)12-6-26)56(53)14-13-32(60)22-39(56)47(54(50)67)55(51)68/h1-21,23,39,41-44,46-48,51-53,57-59,61-66H,22H2. The first-order valence-corrected chi connectivity index (χ1v) is 22.7. The second-order valence-electron chi connectivity index (χ2n) is 19.6. The number of hydrogen-bond donors (Lipinski definition) is 9. The molecule has 2 fully saturated rings. The SMILES string of the molecule is O=C1C=CC23C(C1)C1C(=O)C4=C(C(C1=O)C2C(c1cc(O)cc(O)c1)C(c1cc(O)cc(O)c1)C3c1ccc(O)cc1)C1C(c2ccc(O)cc2)c2c(O)cc(O)cc2C1C4c1ccc(O)cc1. The Morgan fingerprint density at radius 2 is 0.941 bits per heavy atom. The highest BCUT2D eigenvalue weighted by Gasteiger charge is 2.75. The van der Waals surface area contributed by atoms with E-state index >= 15 is 9.59 Å². The van der Waals surface area contributed by atoms with E-state index in [4.69, 9.17) is 0 Å². The second-order valence-corrected chi connectivity index (χ2v) is 19.6. The van der Waals surface area contributed by atoms with Gasteiger partial charge in [-0.15, -0.1) is 0 Å². The normalized spacial score (nSPS) is 30.7. The minimum Gasteiger partial charge on any atom is -0.508 e. The molecule has 2 bridgehead atoms. The quantitative estimate of drug-likeness (QED) is 0.0742. The van der Waals surface area contributed by atoms with E-state index in [-0.39, 0.29) is 63.9 Å². The molecular weight excluding hydrogens is 865 g/mol. The number of phenols is 9. The molecule has 6 aliphatic carbocycles. The summed E-state index contributed by atoms with van der Waals surface area (Å²) in [5.41, 5.74) is 3.43. The molecule has 0 heterocycles. The van der Waals surface area contributed by atoms with Gasteiger partial charge in [0.25, 0.3) is 0 Å². The van der Waals surface area contributed by atoms with Gasteiger partial charge in [0.2, 0.25) is 0 Å². The Labute approximate surface area is 388 Å². The van der Waals surface area contributed by atoms with Gasteiger partial charge < -0.3 is 46.0 Å². The van der Waals surface area contributed by atoms with Gasteiger partial charge in [-0.2, -0.15) is 0 Å². The van der Waals surface area contributed by atoms with Crippen molar-refractivity contribution in [2.45, 2.75) is 41.9 Å². The summed E-state index contributed by atoms with van der Waals surface area (Å²) in [7, 11) is 0. The molecule has 12 nitrogen and oxygen atoms in total. The van der Waals surface area contributed by atoms with E-state index in [1.165, 1.54) is 84.9 Å². The summed E-state index contributed by atoms with van der Waals surface area (Å²) in [5.74, 6) is -12.4. The number of carbonyl (C=O) groups is 3. The van der Waals surface area contributed by atoms with Gasteiger partial charge in [0.1, 0.15) is 51.7 Å². The lowest BCUT2D eigenvalue weighted by atomic mass is 9.43. The van der Waals surface area contributed by atoms with Crippen LogP contribution in [0.1, 0.15) is 80.9 Å². The van der Waals surface area contributed by atoms with Crippen molar-refractivity contribution in [3.8, 4) is 51.7 Å². The maximum Gasteiger partial charge on any atom is 0.170 e. The van der Waals surface area contributed by atoms with E-state index in [9.17, 15) is 50.8 Å². The largest absolute Gasteiger partial charge is 0.508 e. The van der Waals surface area contributed by atoms with E-state index in [2.05, 4.69) is 0 Å². The molecule has 6 aliphatic rings. The van der Waals surface area contributed by atoms with Crippen molar-refractivity contribution in [3.05, 3.63) is 184 Å². The molecule has 6 aromatic carbocycles. The van der Waals surface area contributed by atoms with E-state index in [0.29, 0.717) is 50.1 Å². The van der Waals surface area contributed by atoms with Gasteiger partial charge in [0, 0.05) is 76.7 Å². The Balaban J connectivity index is 1.22. The highest BCUT2D eigenvalue weighted by atomic mass is 16.3. The third-order valence-corrected chi connectivity index (χ3v) is 16.4. The van der Waals surface area contributed by atoms with Gasteiger partial charge in [-0.05, 0) is 135 Å². The van der Waals surface area contributed by atoms with Gasteiger partial charge in [-0.3, -0.25) is 14.4 Å². The maximum absolute atomic E-state index is 16.2. The Hall–Kier alpha value is -7.99. The van der Waals surface area contributed by atoms with Crippen molar-refractivity contribution >= 4 is 17.3 Å². The molecule has 0 aliphatic heterocycles. The summed E-state index contributed by atoms with van der Waals surface area (Å²) in [6.07, 6.45) is 3.15. The Kier molecular flexibility index (Phi) is 8.84. The number of fused-ring (bicyclic) bond motifs is 9. The summed E-state index contributed by atoms with van der Waals surface area (Å²) in [4.78, 5) is 46.4. The number of carbonyl (C=O) groups excluding carboxylic acids is 3. The van der Waals surface area contributed by atoms with Crippen molar-refractivity contribution in [1.82, 2.24) is 0 Å². The number of allylic oxidation sites excluding steroid dienone is 4. The van der Waals surface area contributed by atoms with Crippen LogP contribution in [0.2, 0.25) is 0 Å². The van der Waals surface area contributed by atoms with Crippen LogP contribution in [-0.2, 0) is 14.4 Å². The van der Waals surface area contributed by atoms with Crippen LogP contribution in [0.4, 0.5) is 0 Å². The Bertz CT molecular complexity index is 3190. The zero-order chi connectivity index (χ0) is 47.2. The first-order chi connectivity index (χ1) is 32.6. The number of Topliss-reactive ketones (excluding diaryl/α,β-unsaturated/α-hetero) is 2.